The van der Waals surface area contributed by atoms with Gasteiger partial charge in [0.05, 0.1) is 52.3 Å². The van der Waals surface area contributed by atoms with E-state index in [1.165, 1.54) is 0 Å². The second-order valence-corrected chi connectivity index (χ2v) is 10.9. The molecule has 1 amide bonds. The highest BCUT2D eigenvalue weighted by molar-refractivity contribution is 5.82. The maximum absolute atomic E-state index is 13.8. The van der Waals surface area contributed by atoms with Crippen molar-refractivity contribution in [3.05, 3.63) is 144 Å². The summed E-state index contributed by atoms with van der Waals surface area (Å²) >= 11 is 0. The molecule has 4 aromatic rings. The number of amides is 1. The van der Waals surface area contributed by atoms with Gasteiger partial charge in [-0.05, 0) is 22.3 Å². The Morgan fingerprint density at radius 3 is 1.39 bits per heavy atom. The van der Waals surface area contributed by atoms with E-state index in [0.29, 0.717) is 0 Å². The van der Waals surface area contributed by atoms with Gasteiger partial charge in [0, 0.05) is 0 Å². The molecule has 0 saturated heterocycles. The lowest BCUT2D eigenvalue weighted by Gasteiger charge is -2.36. The first-order valence-corrected chi connectivity index (χ1v) is 15.4. The molecular weight excluding hydrogens is 586 g/mol. The average Bonchev–Trinajstić information content (AvgIpc) is 3.11. The number of hydrogen-bond donors (Lipinski definition) is 4. The summed E-state index contributed by atoms with van der Waals surface area (Å²) in [6.45, 7) is -0.533. The first kappa shape index (κ1) is 34.9. The zero-order chi connectivity index (χ0) is 32.4. The second-order valence-electron chi connectivity index (χ2n) is 10.9. The third-order valence-corrected chi connectivity index (χ3v) is 7.29. The van der Waals surface area contributed by atoms with E-state index in [2.05, 4.69) is 5.32 Å². The first-order chi connectivity index (χ1) is 22.6. The molecule has 0 bridgehead atoms. The predicted molar refractivity (Wildman–Crippen MR) is 173 cm³/mol. The molecule has 9 nitrogen and oxygen atoms in total. The number of rotatable bonds is 20. The van der Waals surface area contributed by atoms with E-state index >= 15 is 0 Å². The summed E-state index contributed by atoms with van der Waals surface area (Å²) in [5, 5.41) is 33.7. The highest BCUT2D eigenvalue weighted by atomic mass is 16.6. The van der Waals surface area contributed by atoms with Crippen molar-refractivity contribution in [3.63, 3.8) is 0 Å². The molecule has 0 saturated carbocycles. The molecule has 4 N–H and O–H groups in total. The SMILES string of the molecule is O=C(NC(CO)CO)[C@H](OCc1ccccc1)[C@@H](OCc1ccccc1)[C@H](OCc1ccccc1)[C@H](O)COCc1ccccc1. The molecule has 0 radical (unpaired) electrons. The minimum absolute atomic E-state index is 0.0546. The zero-order valence-corrected chi connectivity index (χ0v) is 25.8. The Morgan fingerprint density at radius 1 is 0.565 bits per heavy atom. The van der Waals surface area contributed by atoms with Crippen molar-refractivity contribution >= 4 is 5.91 Å². The molecule has 0 unspecified atom stereocenters. The van der Waals surface area contributed by atoms with E-state index in [0.717, 1.165) is 22.3 Å². The summed E-state index contributed by atoms with van der Waals surface area (Å²) in [4.78, 5) is 13.8. The third-order valence-electron chi connectivity index (χ3n) is 7.29. The fourth-order valence-electron chi connectivity index (χ4n) is 4.79. The molecule has 0 heterocycles. The predicted octanol–water partition coefficient (Wildman–Crippen LogP) is 3.79. The Balaban J connectivity index is 1.65. The van der Waals surface area contributed by atoms with Crippen LogP contribution >= 0.6 is 0 Å². The van der Waals surface area contributed by atoms with E-state index < -0.39 is 49.6 Å². The van der Waals surface area contributed by atoms with Crippen molar-refractivity contribution < 1.29 is 39.1 Å². The Hall–Kier alpha value is -3.93. The van der Waals surface area contributed by atoms with E-state index in [4.69, 9.17) is 18.9 Å². The minimum Gasteiger partial charge on any atom is -0.394 e. The molecule has 0 aromatic heterocycles. The van der Waals surface area contributed by atoms with Crippen LogP contribution in [0.15, 0.2) is 121 Å². The van der Waals surface area contributed by atoms with Crippen LogP contribution < -0.4 is 5.32 Å². The summed E-state index contributed by atoms with van der Waals surface area (Å²) in [5.41, 5.74) is 3.46. The molecule has 0 spiro atoms. The van der Waals surface area contributed by atoms with Crippen LogP contribution in [0, 0.1) is 0 Å². The van der Waals surface area contributed by atoms with E-state index in [9.17, 15) is 20.1 Å². The summed E-state index contributed by atoms with van der Waals surface area (Å²) in [6.07, 6.45) is -4.77. The summed E-state index contributed by atoms with van der Waals surface area (Å²) in [5.74, 6) is -0.632. The molecule has 0 aliphatic heterocycles. The zero-order valence-electron chi connectivity index (χ0n) is 25.8. The lowest BCUT2D eigenvalue weighted by atomic mass is 10.0. The Morgan fingerprint density at radius 2 is 0.957 bits per heavy atom. The molecule has 9 heteroatoms. The number of benzene rings is 4. The lowest BCUT2D eigenvalue weighted by Crippen LogP contribution is -2.57. The fourth-order valence-corrected chi connectivity index (χ4v) is 4.79. The van der Waals surface area contributed by atoms with Gasteiger partial charge in [-0.25, -0.2) is 0 Å². The molecule has 4 aromatic carbocycles. The van der Waals surface area contributed by atoms with Crippen LogP contribution in [0.25, 0.3) is 0 Å². The third kappa shape index (κ3) is 11.5. The standard InChI is InChI=1S/C37H43NO8/c39-21-32(22-40)38-37(42)36(46-26-31-19-11-4-12-20-31)35(45-25-30-17-9-3-10-18-30)34(44-24-29-15-7-2-8-16-29)33(41)27-43-23-28-13-5-1-6-14-28/h1-20,32-36,39-41H,21-27H2,(H,38,42)/t33-,34-,35+,36-/m1/s1. The molecule has 0 aliphatic carbocycles. The van der Waals surface area contributed by atoms with Gasteiger partial charge in [-0.3, -0.25) is 4.79 Å². The van der Waals surface area contributed by atoms with Crippen molar-refractivity contribution in [3.8, 4) is 0 Å². The van der Waals surface area contributed by atoms with Gasteiger partial charge in [-0.15, -0.1) is 0 Å². The minimum atomic E-state index is -1.31. The quantitative estimate of drug-likeness (QED) is 0.116. The Labute approximate surface area is 270 Å². The van der Waals surface area contributed by atoms with Crippen molar-refractivity contribution in [2.24, 2.45) is 0 Å². The van der Waals surface area contributed by atoms with E-state index in [-0.39, 0.29) is 33.0 Å². The second kappa shape index (κ2) is 19.6. The number of carbonyl (C=O) groups excluding carboxylic acids is 1. The number of aliphatic hydroxyl groups is 3. The summed E-state index contributed by atoms with van der Waals surface area (Å²) in [6, 6.07) is 36.9. The largest absolute Gasteiger partial charge is 0.394 e. The topological polar surface area (TPSA) is 127 Å². The molecule has 4 atom stereocenters. The number of aliphatic hydroxyl groups excluding tert-OH is 3. The van der Waals surface area contributed by atoms with Gasteiger partial charge >= 0.3 is 0 Å². The van der Waals surface area contributed by atoms with Gasteiger partial charge in [0.2, 0.25) is 0 Å². The van der Waals surface area contributed by atoms with Gasteiger partial charge in [0.15, 0.2) is 6.10 Å². The normalized spacial score (nSPS) is 14.0. The number of nitrogens with one attached hydrogen (secondary N) is 1. The fraction of sp³-hybridized carbons (Fsp3) is 0.324. The van der Waals surface area contributed by atoms with Crippen molar-refractivity contribution in [2.45, 2.75) is 56.9 Å². The smallest absolute Gasteiger partial charge is 0.252 e. The van der Waals surface area contributed by atoms with Crippen LogP contribution in [0.4, 0.5) is 0 Å². The maximum atomic E-state index is 13.8. The van der Waals surface area contributed by atoms with Gasteiger partial charge in [-0.1, -0.05) is 121 Å². The van der Waals surface area contributed by atoms with Crippen LogP contribution in [-0.2, 0) is 50.2 Å². The van der Waals surface area contributed by atoms with Gasteiger partial charge in [-0.2, -0.15) is 0 Å². The first-order valence-electron chi connectivity index (χ1n) is 15.4. The van der Waals surface area contributed by atoms with Crippen LogP contribution in [0.5, 0.6) is 0 Å². The molecular formula is C37H43NO8. The summed E-state index contributed by atoms with van der Waals surface area (Å²) < 4.78 is 25.0. The van der Waals surface area contributed by atoms with Crippen LogP contribution in [0.1, 0.15) is 22.3 Å². The van der Waals surface area contributed by atoms with Gasteiger partial charge in [0.1, 0.15) is 18.3 Å². The van der Waals surface area contributed by atoms with E-state index in [1.807, 2.05) is 121 Å². The number of hydrogen-bond acceptors (Lipinski definition) is 8. The molecule has 0 fully saturated rings. The highest BCUT2D eigenvalue weighted by Gasteiger charge is 2.41. The number of ether oxygens (including phenoxy) is 4. The van der Waals surface area contributed by atoms with Crippen LogP contribution in [-0.4, -0.2) is 71.5 Å². The molecule has 4 rings (SSSR count). The van der Waals surface area contributed by atoms with Gasteiger partial charge in [0.25, 0.3) is 5.91 Å². The molecule has 46 heavy (non-hydrogen) atoms. The lowest BCUT2D eigenvalue weighted by molar-refractivity contribution is -0.192. The van der Waals surface area contributed by atoms with Crippen molar-refractivity contribution in [2.75, 3.05) is 19.8 Å². The van der Waals surface area contributed by atoms with Crippen molar-refractivity contribution in [1.82, 2.24) is 5.32 Å². The monoisotopic (exact) mass is 629 g/mol. The van der Waals surface area contributed by atoms with Gasteiger partial charge < -0.3 is 39.6 Å². The van der Waals surface area contributed by atoms with Crippen LogP contribution in [0.3, 0.4) is 0 Å². The molecule has 0 aliphatic rings. The highest BCUT2D eigenvalue weighted by Crippen LogP contribution is 2.22. The Kier molecular flexibility index (Phi) is 14.9. The van der Waals surface area contributed by atoms with Crippen molar-refractivity contribution in [1.29, 1.82) is 0 Å². The molecule has 244 valence electrons. The maximum Gasteiger partial charge on any atom is 0.252 e. The summed E-state index contributed by atoms with van der Waals surface area (Å²) in [7, 11) is 0. The Bertz CT molecular complexity index is 1370. The van der Waals surface area contributed by atoms with Crippen LogP contribution in [0.2, 0.25) is 0 Å². The van der Waals surface area contributed by atoms with E-state index in [1.54, 1.807) is 0 Å². The number of carbonyl (C=O) groups is 1. The average molecular weight is 630 g/mol.